The summed E-state index contributed by atoms with van der Waals surface area (Å²) in [7, 11) is 0. The number of amides is 3. The molecule has 178 valence electrons. The number of hydrogen-bond acceptors (Lipinski definition) is 6. The second kappa shape index (κ2) is 8.18. The highest BCUT2D eigenvalue weighted by Crippen LogP contribution is 2.40. The zero-order valence-corrected chi connectivity index (χ0v) is 19.8. The molecule has 5 N–H and O–H groups in total. The number of nitrogens with two attached hydrogens (primary N) is 2. The molecule has 0 aliphatic carbocycles. The Morgan fingerprint density at radius 3 is 2.53 bits per heavy atom. The minimum absolute atomic E-state index is 0.0538. The van der Waals surface area contributed by atoms with Crippen LogP contribution in [0.3, 0.4) is 0 Å². The Morgan fingerprint density at radius 2 is 1.88 bits per heavy atom. The third-order valence-corrected chi connectivity index (χ3v) is 5.81. The Kier molecular flexibility index (Phi) is 5.61. The summed E-state index contributed by atoms with van der Waals surface area (Å²) in [6, 6.07) is 9.08. The first-order chi connectivity index (χ1) is 15.9. The number of rotatable bonds is 4. The number of primary amides is 1. The van der Waals surface area contributed by atoms with E-state index in [0.717, 1.165) is 22.3 Å². The number of nitrogen functional groups attached to an aromatic ring is 1. The van der Waals surface area contributed by atoms with Crippen molar-refractivity contribution in [2.24, 2.45) is 5.73 Å². The van der Waals surface area contributed by atoms with Crippen molar-refractivity contribution in [2.75, 3.05) is 17.3 Å². The highest BCUT2D eigenvalue weighted by Gasteiger charge is 2.34. The number of hydrazine groups is 1. The quantitative estimate of drug-likeness (QED) is 0.471. The number of anilines is 2. The van der Waals surface area contributed by atoms with E-state index in [1.807, 2.05) is 52.0 Å². The third-order valence-electron chi connectivity index (χ3n) is 5.81. The molecule has 0 saturated heterocycles. The third kappa shape index (κ3) is 4.22. The van der Waals surface area contributed by atoms with Crippen molar-refractivity contribution >= 4 is 29.3 Å². The fraction of sp³-hybridized carbons (Fsp3) is 0.320. The average Bonchev–Trinajstić information content (AvgIpc) is 3.23. The van der Waals surface area contributed by atoms with Crippen LogP contribution in [-0.4, -0.2) is 35.0 Å². The largest absolute Gasteiger partial charge is 0.442 e. The van der Waals surface area contributed by atoms with Gasteiger partial charge in [0.05, 0.1) is 18.3 Å². The second-order valence-corrected chi connectivity index (χ2v) is 9.66. The normalized spacial score (nSPS) is 16.9. The molecule has 2 heterocycles. The first kappa shape index (κ1) is 23.3. The lowest BCUT2D eigenvalue weighted by Gasteiger charge is -2.25. The molecule has 0 saturated carbocycles. The van der Waals surface area contributed by atoms with Gasteiger partial charge in [0.25, 0.3) is 5.91 Å². The van der Waals surface area contributed by atoms with E-state index in [4.69, 9.17) is 16.2 Å². The Labute approximate surface area is 198 Å². The zero-order chi connectivity index (χ0) is 24.9. The standard InChI is InChI=1S/C25H29N5O4/c1-13(22(27)31)11-29-12-20-18(9-16(26)10-19(20)23(29)32)15-6-7-21-17(8-15)14(2)28-30(21)24(33)34-25(3,4)5/h6-10,14,28H,1,11-12,26H2,2-5H3,(H2,27,31). The van der Waals surface area contributed by atoms with Crippen molar-refractivity contribution in [3.8, 4) is 11.1 Å². The molecule has 2 aliphatic rings. The first-order valence-electron chi connectivity index (χ1n) is 11.0. The van der Waals surface area contributed by atoms with Crippen LogP contribution in [0.1, 0.15) is 55.2 Å². The van der Waals surface area contributed by atoms with Gasteiger partial charge in [0.1, 0.15) is 5.60 Å². The van der Waals surface area contributed by atoms with Crippen LogP contribution in [0, 0.1) is 0 Å². The summed E-state index contributed by atoms with van der Waals surface area (Å²) in [6.07, 6.45) is -0.480. The van der Waals surface area contributed by atoms with Crippen LogP contribution in [0.4, 0.5) is 16.2 Å². The van der Waals surface area contributed by atoms with Crippen LogP contribution in [0.15, 0.2) is 42.5 Å². The van der Waals surface area contributed by atoms with Gasteiger partial charge in [0.15, 0.2) is 0 Å². The molecule has 2 aromatic carbocycles. The average molecular weight is 464 g/mol. The predicted octanol–water partition coefficient (Wildman–Crippen LogP) is 3.25. The number of nitrogens with zero attached hydrogens (tertiary/aromatic N) is 2. The number of carbonyl (C=O) groups is 3. The maximum absolute atomic E-state index is 13.0. The molecular formula is C25H29N5O4. The van der Waals surface area contributed by atoms with Gasteiger partial charge in [-0.25, -0.2) is 15.2 Å². The van der Waals surface area contributed by atoms with E-state index in [1.165, 1.54) is 9.91 Å². The van der Waals surface area contributed by atoms with Crippen LogP contribution in [0.5, 0.6) is 0 Å². The van der Waals surface area contributed by atoms with Crippen LogP contribution in [0.2, 0.25) is 0 Å². The summed E-state index contributed by atoms with van der Waals surface area (Å²) in [5.74, 6) is -0.864. The molecule has 2 aliphatic heterocycles. The van der Waals surface area contributed by atoms with Gasteiger partial charge in [0, 0.05) is 23.4 Å². The van der Waals surface area contributed by atoms with Gasteiger partial charge in [-0.2, -0.15) is 0 Å². The van der Waals surface area contributed by atoms with Crippen molar-refractivity contribution in [3.63, 3.8) is 0 Å². The van der Waals surface area contributed by atoms with E-state index in [0.29, 0.717) is 23.5 Å². The summed E-state index contributed by atoms with van der Waals surface area (Å²) < 4.78 is 5.51. The van der Waals surface area contributed by atoms with Crippen molar-refractivity contribution in [1.29, 1.82) is 0 Å². The van der Waals surface area contributed by atoms with Gasteiger partial charge in [-0.15, -0.1) is 0 Å². The van der Waals surface area contributed by atoms with Gasteiger partial charge in [0.2, 0.25) is 5.91 Å². The van der Waals surface area contributed by atoms with E-state index in [9.17, 15) is 14.4 Å². The van der Waals surface area contributed by atoms with Gasteiger partial charge >= 0.3 is 6.09 Å². The van der Waals surface area contributed by atoms with Crippen LogP contribution in [0.25, 0.3) is 11.1 Å². The highest BCUT2D eigenvalue weighted by molar-refractivity contribution is 6.03. The number of fused-ring (bicyclic) bond motifs is 2. The summed E-state index contributed by atoms with van der Waals surface area (Å²) >= 11 is 0. The minimum Gasteiger partial charge on any atom is -0.442 e. The van der Waals surface area contributed by atoms with Gasteiger partial charge in [-0.3, -0.25) is 9.59 Å². The lowest BCUT2D eigenvalue weighted by molar-refractivity contribution is -0.114. The Balaban J connectivity index is 1.69. The Bertz CT molecular complexity index is 1230. The molecule has 1 unspecified atom stereocenters. The van der Waals surface area contributed by atoms with E-state index in [1.54, 1.807) is 6.07 Å². The van der Waals surface area contributed by atoms with Crippen molar-refractivity contribution in [1.82, 2.24) is 10.3 Å². The van der Waals surface area contributed by atoms with Crippen LogP contribution in [-0.2, 0) is 16.1 Å². The smallest absolute Gasteiger partial charge is 0.429 e. The maximum Gasteiger partial charge on any atom is 0.429 e. The number of ether oxygens (including phenoxy) is 1. The number of carbonyl (C=O) groups excluding carboxylic acids is 3. The monoisotopic (exact) mass is 463 g/mol. The lowest BCUT2D eigenvalue weighted by Crippen LogP contribution is -2.42. The molecule has 0 bridgehead atoms. The van der Waals surface area contributed by atoms with Crippen molar-refractivity contribution < 1.29 is 19.1 Å². The predicted molar refractivity (Wildman–Crippen MR) is 130 cm³/mol. The van der Waals surface area contributed by atoms with E-state index < -0.39 is 17.6 Å². The van der Waals surface area contributed by atoms with Crippen LogP contribution >= 0.6 is 0 Å². The molecule has 0 radical (unpaired) electrons. The van der Waals surface area contributed by atoms with E-state index >= 15 is 0 Å². The van der Waals surface area contributed by atoms with Gasteiger partial charge in [-0.1, -0.05) is 12.6 Å². The fourth-order valence-corrected chi connectivity index (χ4v) is 4.25. The van der Waals surface area contributed by atoms with Gasteiger partial charge in [-0.05, 0) is 74.2 Å². The van der Waals surface area contributed by atoms with Crippen molar-refractivity contribution in [3.05, 3.63) is 59.2 Å². The topological polar surface area (TPSA) is 131 Å². The molecule has 4 rings (SSSR count). The first-order valence-corrected chi connectivity index (χ1v) is 11.0. The van der Waals surface area contributed by atoms with E-state index in [2.05, 4.69) is 12.0 Å². The molecule has 9 nitrogen and oxygen atoms in total. The summed E-state index contributed by atoms with van der Waals surface area (Å²) in [4.78, 5) is 38.6. The second-order valence-electron chi connectivity index (χ2n) is 9.66. The maximum atomic E-state index is 13.0. The number of hydrogen-bond donors (Lipinski definition) is 3. The number of nitrogens with one attached hydrogen (secondary N) is 1. The van der Waals surface area contributed by atoms with Crippen molar-refractivity contribution in [2.45, 2.75) is 45.9 Å². The van der Waals surface area contributed by atoms with E-state index in [-0.39, 0.29) is 24.1 Å². The summed E-state index contributed by atoms with van der Waals surface area (Å²) in [5.41, 5.74) is 19.2. The Morgan fingerprint density at radius 1 is 1.21 bits per heavy atom. The lowest BCUT2D eigenvalue weighted by atomic mass is 9.93. The summed E-state index contributed by atoms with van der Waals surface area (Å²) in [5, 5.41) is 1.42. The number of benzene rings is 2. The molecule has 0 spiro atoms. The molecular weight excluding hydrogens is 434 g/mol. The molecule has 0 fully saturated rings. The Hall–Kier alpha value is -3.85. The fourth-order valence-electron chi connectivity index (χ4n) is 4.25. The summed E-state index contributed by atoms with van der Waals surface area (Å²) in [6.45, 7) is 11.4. The zero-order valence-electron chi connectivity index (χ0n) is 19.8. The minimum atomic E-state index is -0.641. The molecule has 1 atom stereocenters. The van der Waals surface area contributed by atoms with Gasteiger partial charge < -0.3 is 21.1 Å². The molecule has 9 heteroatoms. The highest BCUT2D eigenvalue weighted by atomic mass is 16.6. The molecule has 2 aromatic rings. The molecule has 34 heavy (non-hydrogen) atoms. The van der Waals surface area contributed by atoms with Crippen LogP contribution < -0.4 is 21.9 Å². The molecule has 0 aromatic heterocycles. The SMILES string of the molecule is C=C(CN1Cc2c(cc(N)cc2-c2ccc3c(c2)C(C)NN3C(=O)OC(C)(C)C)C1=O)C(N)=O. The molecule has 3 amide bonds.